The lowest BCUT2D eigenvalue weighted by Crippen LogP contribution is -2.27. The van der Waals surface area contributed by atoms with Crippen LogP contribution in [0, 0.1) is 0 Å². The van der Waals surface area contributed by atoms with Crippen molar-refractivity contribution in [2.45, 2.75) is 65.1 Å². The number of rotatable bonds is 4. The van der Waals surface area contributed by atoms with E-state index in [4.69, 9.17) is 9.47 Å². The number of aliphatic hydroxyl groups is 1. The molecule has 0 atom stereocenters. The average Bonchev–Trinajstić information content (AvgIpc) is 2.91. The van der Waals surface area contributed by atoms with E-state index in [9.17, 15) is 14.7 Å². The molecule has 0 aromatic heterocycles. The maximum Gasteiger partial charge on any atom is 0.412 e. The van der Waals surface area contributed by atoms with E-state index in [-0.39, 0.29) is 12.5 Å². The SMILES string of the molecule is CC(C)(C)OC(=O)Nc1ccc2c(c1)C(CCO)c1cc(NC(=O)OC(C)(C)C)ccc1-2. The third-order valence-corrected chi connectivity index (χ3v) is 4.85. The van der Waals surface area contributed by atoms with Gasteiger partial charge in [-0.25, -0.2) is 9.59 Å². The van der Waals surface area contributed by atoms with Gasteiger partial charge in [-0.2, -0.15) is 0 Å². The lowest BCUT2D eigenvalue weighted by molar-refractivity contribution is 0.0624. The van der Waals surface area contributed by atoms with Gasteiger partial charge in [0.2, 0.25) is 0 Å². The van der Waals surface area contributed by atoms with Crippen molar-refractivity contribution in [3.8, 4) is 11.1 Å². The quantitative estimate of drug-likeness (QED) is 0.552. The van der Waals surface area contributed by atoms with Gasteiger partial charge in [0, 0.05) is 23.9 Å². The van der Waals surface area contributed by atoms with E-state index in [1.807, 2.05) is 77.9 Å². The Balaban J connectivity index is 1.86. The molecule has 0 radical (unpaired) electrons. The van der Waals surface area contributed by atoms with Crippen molar-refractivity contribution in [1.82, 2.24) is 0 Å². The Kier molecular flexibility index (Phi) is 6.51. The van der Waals surface area contributed by atoms with Crippen LogP contribution in [0.4, 0.5) is 21.0 Å². The molecule has 0 spiro atoms. The van der Waals surface area contributed by atoms with Crippen LogP contribution < -0.4 is 10.6 Å². The Labute approximate surface area is 189 Å². The van der Waals surface area contributed by atoms with Crippen LogP contribution in [0.15, 0.2) is 36.4 Å². The number of ether oxygens (including phenoxy) is 2. The van der Waals surface area contributed by atoms with Crippen molar-refractivity contribution in [2.75, 3.05) is 17.2 Å². The van der Waals surface area contributed by atoms with E-state index in [0.717, 1.165) is 22.3 Å². The zero-order chi connectivity index (χ0) is 23.7. The summed E-state index contributed by atoms with van der Waals surface area (Å²) in [6, 6.07) is 11.4. The van der Waals surface area contributed by atoms with Crippen LogP contribution in [0.2, 0.25) is 0 Å². The Morgan fingerprint density at radius 2 is 1.22 bits per heavy atom. The first kappa shape index (κ1) is 23.6. The highest BCUT2D eigenvalue weighted by atomic mass is 16.6. The molecule has 7 heteroatoms. The summed E-state index contributed by atoms with van der Waals surface area (Å²) in [4.78, 5) is 24.3. The van der Waals surface area contributed by atoms with Crippen LogP contribution in [0.25, 0.3) is 11.1 Å². The van der Waals surface area contributed by atoms with Crippen molar-refractivity contribution in [3.05, 3.63) is 47.5 Å². The highest BCUT2D eigenvalue weighted by molar-refractivity contribution is 5.90. The van der Waals surface area contributed by atoms with Gasteiger partial charge >= 0.3 is 12.2 Å². The highest BCUT2D eigenvalue weighted by Crippen LogP contribution is 2.48. The van der Waals surface area contributed by atoms with E-state index in [0.29, 0.717) is 17.8 Å². The third kappa shape index (κ3) is 5.79. The van der Waals surface area contributed by atoms with Crippen molar-refractivity contribution >= 4 is 23.6 Å². The Morgan fingerprint density at radius 1 is 0.812 bits per heavy atom. The summed E-state index contributed by atoms with van der Waals surface area (Å²) in [5.74, 6) is -0.0641. The molecule has 0 fully saturated rings. The number of nitrogens with one attached hydrogen (secondary N) is 2. The lowest BCUT2D eigenvalue weighted by atomic mass is 9.93. The second kappa shape index (κ2) is 8.82. The third-order valence-electron chi connectivity index (χ3n) is 4.85. The van der Waals surface area contributed by atoms with Gasteiger partial charge in [0.1, 0.15) is 11.2 Å². The van der Waals surface area contributed by atoms with Gasteiger partial charge in [-0.3, -0.25) is 10.6 Å². The first-order chi connectivity index (χ1) is 14.9. The molecule has 2 aromatic carbocycles. The van der Waals surface area contributed by atoms with Crippen molar-refractivity contribution < 1.29 is 24.2 Å². The van der Waals surface area contributed by atoms with Crippen LogP contribution in [0.5, 0.6) is 0 Å². The maximum absolute atomic E-state index is 12.2. The van der Waals surface area contributed by atoms with Gasteiger partial charge in [0.05, 0.1) is 0 Å². The summed E-state index contributed by atoms with van der Waals surface area (Å²) in [7, 11) is 0. The van der Waals surface area contributed by atoms with E-state index in [1.54, 1.807) is 0 Å². The van der Waals surface area contributed by atoms with E-state index in [1.165, 1.54) is 0 Å². The number of benzene rings is 2. The molecular weight excluding hydrogens is 408 g/mol. The number of anilines is 2. The van der Waals surface area contributed by atoms with Crippen molar-refractivity contribution in [2.24, 2.45) is 0 Å². The zero-order valence-corrected chi connectivity index (χ0v) is 19.5. The molecule has 0 heterocycles. The molecule has 3 rings (SSSR count). The summed E-state index contributed by atoms with van der Waals surface area (Å²) < 4.78 is 10.7. The second-order valence-corrected chi connectivity index (χ2v) is 9.92. The first-order valence-corrected chi connectivity index (χ1v) is 10.8. The Hall–Kier alpha value is -3.06. The molecular formula is C25H32N2O5. The van der Waals surface area contributed by atoms with Gasteiger partial charge in [0.15, 0.2) is 0 Å². The predicted octanol–water partition coefficient (Wildman–Crippen LogP) is 5.88. The molecule has 7 nitrogen and oxygen atoms in total. The minimum Gasteiger partial charge on any atom is -0.444 e. The molecule has 0 saturated heterocycles. The number of fused-ring (bicyclic) bond motifs is 3. The molecule has 2 amide bonds. The van der Waals surface area contributed by atoms with E-state index < -0.39 is 23.4 Å². The largest absolute Gasteiger partial charge is 0.444 e. The monoisotopic (exact) mass is 440 g/mol. The van der Waals surface area contributed by atoms with Crippen LogP contribution >= 0.6 is 0 Å². The van der Waals surface area contributed by atoms with Crippen LogP contribution in [0.1, 0.15) is 65.0 Å². The summed E-state index contributed by atoms with van der Waals surface area (Å²) in [5.41, 5.74) is 4.17. The first-order valence-electron chi connectivity index (χ1n) is 10.8. The van der Waals surface area contributed by atoms with Gasteiger partial charge in [0.25, 0.3) is 0 Å². The normalized spacial score (nSPS) is 13.2. The smallest absolute Gasteiger partial charge is 0.412 e. The lowest BCUT2D eigenvalue weighted by Gasteiger charge is -2.20. The Bertz CT molecular complexity index is 938. The summed E-state index contributed by atoms with van der Waals surface area (Å²) in [6.07, 6.45) is -0.516. The fourth-order valence-corrected chi connectivity index (χ4v) is 3.80. The summed E-state index contributed by atoms with van der Waals surface area (Å²) in [6.45, 7) is 10.9. The molecule has 0 unspecified atom stereocenters. The standard InChI is InChI=1S/C25H32N2O5/c1-24(2,3)31-22(29)26-15-7-9-17-18-10-8-16(27-23(30)32-25(4,5)6)14-21(18)19(11-12-28)20(17)13-15/h7-10,13-14,19,28H,11-12H2,1-6H3,(H,26,29)(H,27,30). The molecule has 1 aliphatic carbocycles. The number of carbonyl (C=O) groups excluding carboxylic acids is 2. The average molecular weight is 441 g/mol. The molecule has 172 valence electrons. The summed E-state index contributed by atoms with van der Waals surface area (Å²) in [5, 5.41) is 15.2. The van der Waals surface area contributed by atoms with E-state index in [2.05, 4.69) is 10.6 Å². The molecule has 2 aromatic rings. The molecule has 0 bridgehead atoms. The van der Waals surface area contributed by atoms with Gasteiger partial charge in [-0.1, -0.05) is 12.1 Å². The number of carbonyl (C=O) groups is 2. The Morgan fingerprint density at radius 3 is 1.56 bits per heavy atom. The fraction of sp³-hybridized carbons (Fsp3) is 0.440. The van der Waals surface area contributed by atoms with Crippen LogP contribution in [-0.2, 0) is 9.47 Å². The van der Waals surface area contributed by atoms with Crippen LogP contribution in [-0.4, -0.2) is 35.1 Å². The zero-order valence-electron chi connectivity index (χ0n) is 19.5. The van der Waals surface area contributed by atoms with Gasteiger partial charge in [-0.15, -0.1) is 0 Å². The summed E-state index contributed by atoms with van der Waals surface area (Å²) >= 11 is 0. The van der Waals surface area contributed by atoms with Gasteiger partial charge < -0.3 is 14.6 Å². The topological polar surface area (TPSA) is 96.9 Å². The number of hydrogen-bond acceptors (Lipinski definition) is 5. The molecule has 0 aliphatic heterocycles. The molecule has 3 N–H and O–H groups in total. The number of aliphatic hydroxyl groups excluding tert-OH is 1. The van der Waals surface area contributed by atoms with Crippen LogP contribution in [0.3, 0.4) is 0 Å². The molecule has 0 saturated carbocycles. The number of amides is 2. The molecule has 1 aliphatic rings. The molecule has 32 heavy (non-hydrogen) atoms. The van der Waals surface area contributed by atoms with E-state index >= 15 is 0 Å². The fourth-order valence-electron chi connectivity index (χ4n) is 3.80. The minimum absolute atomic E-state index is 0.0109. The minimum atomic E-state index is -0.589. The maximum atomic E-state index is 12.2. The predicted molar refractivity (Wildman–Crippen MR) is 125 cm³/mol. The highest BCUT2D eigenvalue weighted by Gasteiger charge is 2.29. The van der Waals surface area contributed by atoms with Crippen molar-refractivity contribution in [1.29, 1.82) is 0 Å². The van der Waals surface area contributed by atoms with Crippen molar-refractivity contribution in [3.63, 3.8) is 0 Å². The second-order valence-electron chi connectivity index (χ2n) is 9.92. The number of hydrogen-bond donors (Lipinski definition) is 3. The van der Waals surface area contributed by atoms with Gasteiger partial charge in [-0.05, 0) is 94.5 Å².